The van der Waals surface area contributed by atoms with Gasteiger partial charge in [-0.25, -0.2) is 0 Å². The van der Waals surface area contributed by atoms with E-state index in [2.05, 4.69) is 69.3 Å². The fourth-order valence-corrected chi connectivity index (χ4v) is 7.73. The molecule has 0 spiro atoms. The highest BCUT2D eigenvalue weighted by atomic mass is 31.1. The summed E-state index contributed by atoms with van der Waals surface area (Å²) in [7, 11) is 0.0446. The van der Waals surface area contributed by atoms with E-state index in [0.29, 0.717) is 0 Å². The molecule has 1 saturated heterocycles. The molecule has 0 nitrogen and oxygen atoms in total. The van der Waals surface area contributed by atoms with Crippen molar-refractivity contribution in [1.82, 2.24) is 0 Å². The summed E-state index contributed by atoms with van der Waals surface area (Å²) in [6.07, 6.45) is 8.32. The minimum atomic E-state index is 0.0446. The lowest BCUT2D eigenvalue weighted by atomic mass is 10.0. The summed E-state index contributed by atoms with van der Waals surface area (Å²) >= 11 is 0. The van der Waals surface area contributed by atoms with Crippen molar-refractivity contribution in [1.29, 1.82) is 0 Å². The van der Waals surface area contributed by atoms with Gasteiger partial charge in [-0.3, -0.25) is 0 Å². The number of unbranched alkanes of at least 4 members (excludes halogenated alkanes) is 2. The molecule has 128 valence electrons. The average molecular weight is 338 g/mol. The Morgan fingerprint density at radius 2 is 1.21 bits per heavy atom. The molecule has 3 rings (SSSR count). The highest BCUT2D eigenvalue weighted by Gasteiger charge is 2.36. The van der Waals surface area contributed by atoms with Crippen molar-refractivity contribution in [3.8, 4) is 0 Å². The van der Waals surface area contributed by atoms with Gasteiger partial charge in [-0.15, -0.1) is 0 Å². The summed E-state index contributed by atoms with van der Waals surface area (Å²) in [5.74, 6) is 0. The second kappa shape index (κ2) is 8.30. The van der Waals surface area contributed by atoms with Crippen molar-refractivity contribution < 1.29 is 0 Å². The lowest BCUT2D eigenvalue weighted by molar-refractivity contribution is 0.765. The maximum absolute atomic E-state index is 2.40. The van der Waals surface area contributed by atoms with Gasteiger partial charge in [0.05, 0.1) is 0 Å². The van der Waals surface area contributed by atoms with Crippen LogP contribution in [0.3, 0.4) is 0 Å². The minimum Gasteiger partial charge on any atom is -0.0913 e. The zero-order valence-corrected chi connectivity index (χ0v) is 16.4. The van der Waals surface area contributed by atoms with Crippen molar-refractivity contribution >= 4 is 7.92 Å². The van der Waals surface area contributed by atoms with Crippen molar-refractivity contribution in [2.24, 2.45) is 0 Å². The molecule has 1 aliphatic heterocycles. The molecular weight excluding hydrogens is 307 g/mol. The van der Waals surface area contributed by atoms with E-state index in [1.54, 1.807) is 11.1 Å². The molecule has 0 N–H and O–H groups in total. The monoisotopic (exact) mass is 338 g/mol. The SMILES string of the molecule is CCCCCP1C(c2ccc(C)cc2)CCC1c1ccc(C)cc1. The van der Waals surface area contributed by atoms with Gasteiger partial charge in [-0.2, -0.15) is 0 Å². The Kier molecular flexibility index (Phi) is 6.12. The van der Waals surface area contributed by atoms with Gasteiger partial charge < -0.3 is 0 Å². The average Bonchev–Trinajstić information content (AvgIpc) is 3.00. The number of aryl methyl sites for hydroxylation is 2. The first-order valence-corrected chi connectivity index (χ1v) is 11.2. The van der Waals surface area contributed by atoms with Crippen LogP contribution in [-0.2, 0) is 0 Å². The normalized spacial score (nSPS) is 23.5. The van der Waals surface area contributed by atoms with Gasteiger partial charge in [0.25, 0.3) is 0 Å². The lowest BCUT2D eigenvalue weighted by Crippen LogP contribution is -1.99. The Labute approximate surface area is 149 Å². The highest BCUT2D eigenvalue weighted by molar-refractivity contribution is 7.58. The molecule has 2 atom stereocenters. The fourth-order valence-electron chi connectivity index (χ4n) is 4.01. The molecular formula is C23H31P. The van der Waals surface area contributed by atoms with E-state index in [4.69, 9.17) is 0 Å². The number of hydrogen-bond donors (Lipinski definition) is 0. The van der Waals surface area contributed by atoms with Crippen LogP contribution in [0.15, 0.2) is 48.5 Å². The van der Waals surface area contributed by atoms with Gasteiger partial charge in [0.1, 0.15) is 0 Å². The molecule has 2 aromatic rings. The van der Waals surface area contributed by atoms with Gasteiger partial charge in [0.15, 0.2) is 0 Å². The highest BCUT2D eigenvalue weighted by Crippen LogP contribution is 2.70. The molecule has 24 heavy (non-hydrogen) atoms. The molecule has 1 fully saturated rings. The second-order valence-corrected chi connectivity index (χ2v) is 10.1. The summed E-state index contributed by atoms with van der Waals surface area (Å²) in [6.45, 7) is 6.70. The van der Waals surface area contributed by atoms with Gasteiger partial charge in [-0.1, -0.05) is 87.3 Å². The number of benzene rings is 2. The minimum absolute atomic E-state index is 0.0446. The van der Waals surface area contributed by atoms with Gasteiger partial charge in [-0.05, 0) is 50.4 Å². The largest absolute Gasteiger partial charge is 0.0913 e. The standard InChI is InChI=1S/C23H31P/c1-4-5-6-17-24-22(20-11-7-18(2)8-12-20)15-16-23(24)21-13-9-19(3)10-14-21/h7-14,22-23H,4-6,15-17H2,1-3H3. The molecule has 0 aliphatic carbocycles. The van der Waals surface area contributed by atoms with Crippen molar-refractivity contribution in [3.05, 3.63) is 70.8 Å². The molecule has 0 aromatic heterocycles. The molecule has 1 heterocycles. The second-order valence-electron chi connectivity index (χ2n) is 7.38. The van der Waals surface area contributed by atoms with Crippen LogP contribution in [0.4, 0.5) is 0 Å². The molecule has 2 aromatic carbocycles. The van der Waals surface area contributed by atoms with Crippen LogP contribution < -0.4 is 0 Å². The van der Waals surface area contributed by atoms with E-state index in [-0.39, 0.29) is 7.92 Å². The van der Waals surface area contributed by atoms with Crippen LogP contribution in [-0.4, -0.2) is 6.16 Å². The van der Waals surface area contributed by atoms with Crippen LogP contribution in [0.2, 0.25) is 0 Å². The van der Waals surface area contributed by atoms with Gasteiger partial charge >= 0.3 is 0 Å². The topological polar surface area (TPSA) is 0 Å². The summed E-state index contributed by atoms with van der Waals surface area (Å²) < 4.78 is 0. The predicted molar refractivity (Wildman–Crippen MR) is 108 cm³/mol. The molecule has 1 heteroatoms. The predicted octanol–water partition coefficient (Wildman–Crippen LogP) is 7.55. The number of hydrogen-bond acceptors (Lipinski definition) is 0. The first-order valence-electron chi connectivity index (χ1n) is 9.58. The third kappa shape index (κ3) is 4.09. The van der Waals surface area contributed by atoms with E-state index in [0.717, 1.165) is 11.3 Å². The third-order valence-corrected chi connectivity index (χ3v) is 9.00. The molecule has 2 unspecified atom stereocenters. The lowest BCUT2D eigenvalue weighted by Gasteiger charge is -2.27. The van der Waals surface area contributed by atoms with Crippen LogP contribution in [0, 0.1) is 13.8 Å². The van der Waals surface area contributed by atoms with E-state index in [9.17, 15) is 0 Å². The van der Waals surface area contributed by atoms with Crippen LogP contribution in [0.1, 0.15) is 72.6 Å². The Balaban J connectivity index is 1.83. The van der Waals surface area contributed by atoms with Crippen LogP contribution in [0.25, 0.3) is 0 Å². The Hall–Kier alpha value is -1.13. The fraction of sp³-hybridized carbons (Fsp3) is 0.478. The molecule has 0 bridgehead atoms. The quantitative estimate of drug-likeness (QED) is 0.377. The van der Waals surface area contributed by atoms with E-state index >= 15 is 0 Å². The summed E-state index contributed by atoms with van der Waals surface area (Å²) in [4.78, 5) is 0. The van der Waals surface area contributed by atoms with E-state index in [1.165, 1.54) is 49.4 Å². The van der Waals surface area contributed by atoms with Crippen molar-refractivity contribution in [2.45, 2.75) is 64.2 Å². The summed E-state index contributed by atoms with van der Waals surface area (Å²) in [5.41, 5.74) is 7.56. The first kappa shape index (κ1) is 17.7. The molecule has 0 saturated carbocycles. The smallest absolute Gasteiger partial charge is 0.00476 e. The van der Waals surface area contributed by atoms with Crippen molar-refractivity contribution in [3.63, 3.8) is 0 Å². The van der Waals surface area contributed by atoms with E-state index < -0.39 is 0 Å². The van der Waals surface area contributed by atoms with Gasteiger partial charge in [0, 0.05) is 11.3 Å². The van der Waals surface area contributed by atoms with Crippen LogP contribution in [0.5, 0.6) is 0 Å². The van der Waals surface area contributed by atoms with Gasteiger partial charge in [0.2, 0.25) is 0 Å². The molecule has 0 amide bonds. The Morgan fingerprint density at radius 1 is 0.750 bits per heavy atom. The maximum Gasteiger partial charge on any atom is 0.00476 e. The molecule has 1 aliphatic rings. The zero-order chi connectivity index (χ0) is 16.9. The summed E-state index contributed by atoms with van der Waals surface area (Å²) in [6, 6.07) is 18.8. The van der Waals surface area contributed by atoms with Crippen molar-refractivity contribution in [2.75, 3.05) is 6.16 Å². The summed E-state index contributed by atoms with van der Waals surface area (Å²) in [5, 5.41) is 0. The van der Waals surface area contributed by atoms with E-state index in [1.807, 2.05) is 0 Å². The Morgan fingerprint density at radius 3 is 1.62 bits per heavy atom. The zero-order valence-electron chi connectivity index (χ0n) is 15.5. The first-order chi connectivity index (χ1) is 11.7. The third-order valence-electron chi connectivity index (χ3n) is 5.46. The Bertz CT molecular complexity index is 573. The van der Waals surface area contributed by atoms with Crippen LogP contribution >= 0.6 is 7.92 Å². The maximum atomic E-state index is 2.40. The number of rotatable bonds is 6. The molecule has 0 radical (unpaired) electrons.